The van der Waals surface area contributed by atoms with Crippen LogP contribution in [0.2, 0.25) is 0 Å². The average molecular weight is 440 g/mol. The van der Waals surface area contributed by atoms with Gasteiger partial charge in [0, 0.05) is 40.0 Å². The highest BCUT2D eigenvalue weighted by atomic mass is 127. The van der Waals surface area contributed by atoms with Crippen LogP contribution in [0.5, 0.6) is 5.75 Å². The summed E-state index contributed by atoms with van der Waals surface area (Å²) in [5.74, 6) is 0.263. The van der Waals surface area contributed by atoms with Crippen molar-refractivity contribution in [1.29, 1.82) is 0 Å². The van der Waals surface area contributed by atoms with E-state index in [1.165, 1.54) is 0 Å². The molecule has 5 heteroatoms. The first-order valence-corrected chi connectivity index (χ1v) is 9.28. The Kier molecular flexibility index (Phi) is 4.35. The summed E-state index contributed by atoms with van der Waals surface area (Å²) < 4.78 is 4.90. The van der Waals surface area contributed by atoms with Crippen LogP contribution in [0, 0.1) is 11.3 Å². The number of methoxy groups -OCH3 is 1. The molecule has 0 heterocycles. The summed E-state index contributed by atoms with van der Waals surface area (Å²) in [6.07, 6.45) is 2.75. The SMILES string of the molecule is COc1ccc2c(c1)[C@@]1(C)CCC[C@](C)(C(=O)C(=O)I)[C@@H]1CC2=O. The standard InChI is InChI=1S/C19H21IO4/c1-18-7-4-8-19(2,16(22)17(20)23)15(18)10-14(21)12-6-5-11(24-3)9-13(12)18/h5-6,9,15H,4,7-8,10H2,1-3H3/t15-,18-,19+/m1/s1. The topological polar surface area (TPSA) is 60.4 Å². The third-order valence-electron chi connectivity index (χ3n) is 6.16. The number of hydrogen-bond donors (Lipinski definition) is 0. The predicted molar refractivity (Wildman–Crippen MR) is 98.8 cm³/mol. The number of benzene rings is 1. The molecule has 24 heavy (non-hydrogen) atoms. The molecule has 2 aliphatic carbocycles. The van der Waals surface area contributed by atoms with Crippen LogP contribution in [-0.2, 0) is 15.0 Å². The lowest BCUT2D eigenvalue weighted by molar-refractivity contribution is -0.142. The van der Waals surface area contributed by atoms with E-state index in [-0.39, 0.29) is 22.9 Å². The van der Waals surface area contributed by atoms with E-state index in [9.17, 15) is 14.4 Å². The molecule has 0 saturated heterocycles. The Labute approximate surface area is 155 Å². The van der Waals surface area contributed by atoms with Crippen molar-refractivity contribution in [2.24, 2.45) is 11.3 Å². The quantitative estimate of drug-likeness (QED) is 0.407. The number of fused-ring (bicyclic) bond motifs is 3. The molecule has 0 unspecified atom stereocenters. The van der Waals surface area contributed by atoms with Crippen LogP contribution in [0.1, 0.15) is 55.5 Å². The molecular weight excluding hydrogens is 419 g/mol. The molecule has 2 aliphatic rings. The Morgan fingerprint density at radius 3 is 2.58 bits per heavy atom. The molecule has 0 bridgehead atoms. The third kappa shape index (κ3) is 2.43. The summed E-state index contributed by atoms with van der Waals surface area (Å²) in [6, 6.07) is 5.57. The van der Waals surface area contributed by atoms with E-state index in [2.05, 4.69) is 6.92 Å². The van der Waals surface area contributed by atoms with Gasteiger partial charge in [-0.05, 0) is 47.9 Å². The number of hydrogen-bond acceptors (Lipinski definition) is 4. The van der Waals surface area contributed by atoms with Crippen molar-refractivity contribution in [3.8, 4) is 5.75 Å². The van der Waals surface area contributed by atoms with Gasteiger partial charge in [-0.2, -0.15) is 0 Å². The van der Waals surface area contributed by atoms with Crippen molar-refractivity contribution in [1.82, 2.24) is 0 Å². The number of halogens is 1. The van der Waals surface area contributed by atoms with Crippen LogP contribution >= 0.6 is 22.6 Å². The van der Waals surface area contributed by atoms with Gasteiger partial charge in [0.15, 0.2) is 5.78 Å². The van der Waals surface area contributed by atoms with Crippen molar-refractivity contribution in [2.75, 3.05) is 7.11 Å². The zero-order valence-electron chi connectivity index (χ0n) is 14.1. The zero-order valence-corrected chi connectivity index (χ0v) is 16.3. The second-order valence-electron chi connectivity index (χ2n) is 7.38. The Balaban J connectivity index is 2.17. The smallest absolute Gasteiger partial charge is 0.258 e. The lowest BCUT2D eigenvalue weighted by Crippen LogP contribution is -2.54. The fraction of sp³-hybridized carbons (Fsp3) is 0.526. The normalized spacial score (nSPS) is 31.8. The highest BCUT2D eigenvalue weighted by Crippen LogP contribution is 2.58. The number of ketones is 2. The Bertz CT molecular complexity index is 741. The van der Waals surface area contributed by atoms with Gasteiger partial charge in [0.2, 0.25) is 5.78 Å². The Hall–Kier alpha value is -1.24. The molecule has 0 spiro atoms. The van der Waals surface area contributed by atoms with Crippen LogP contribution in [-0.4, -0.2) is 22.5 Å². The molecule has 0 amide bonds. The summed E-state index contributed by atoms with van der Waals surface area (Å²) in [4.78, 5) is 37.2. The third-order valence-corrected chi connectivity index (χ3v) is 6.65. The van der Waals surface area contributed by atoms with Gasteiger partial charge in [-0.15, -0.1) is 0 Å². The minimum atomic E-state index is -0.776. The number of carbonyl (C=O) groups is 3. The van der Waals surface area contributed by atoms with Gasteiger partial charge < -0.3 is 4.74 Å². The molecule has 0 radical (unpaired) electrons. The van der Waals surface area contributed by atoms with Crippen molar-refractivity contribution in [3.63, 3.8) is 0 Å². The molecule has 0 N–H and O–H groups in total. The highest BCUT2D eigenvalue weighted by Gasteiger charge is 2.57. The molecular formula is C19H21IO4. The van der Waals surface area contributed by atoms with E-state index in [4.69, 9.17) is 4.74 Å². The van der Waals surface area contributed by atoms with Crippen LogP contribution in [0.3, 0.4) is 0 Å². The molecule has 3 atom stereocenters. The number of rotatable bonds is 3. The summed E-state index contributed by atoms with van der Waals surface area (Å²) >= 11 is 1.57. The fourth-order valence-electron chi connectivity index (χ4n) is 4.80. The van der Waals surface area contributed by atoms with E-state index in [0.717, 1.165) is 24.0 Å². The largest absolute Gasteiger partial charge is 0.497 e. The molecule has 3 rings (SSSR count). The van der Waals surface area contributed by atoms with Crippen LogP contribution in [0.4, 0.5) is 0 Å². The maximum absolute atomic E-state index is 12.7. The van der Waals surface area contributed by atoms with Crippen molar-refractivity contribution in [3.05, 3.63) is 29.3 Å². The molecule has 4 nitrogen and oxygen atoms in total. The summed E-state index contributed by atoms with van der Waals surface area (Å²) in [5.41, 5.74) is 0.614. The van der Waals surface area contributed by atoms with Gasteiger partial charge in [0.1, 0.15) is 5.75 Å². The first-order valence-electron chi connectivity index (χ1n) is 8.20. The van der Waals surface area contributed by atoms with Gasteiger partial charge in [0.05, 0.1) is 7.11 Å². The molecule has 0 aromatic heterocycles. The van der Waals surface area contributed by atoms with Crippen LogP contribution < -0.4 is 4.74 Å². The maximum atomic E-state index is 12.7. The molecule has 1 saturated carbocycles. The molecule has 128 valence electrons. The summed E-state index contributed by atoms with van der Waals surface area (Å²) in [7, 11) is 1.61. The predicted octanol–water partition coefficient (Wildman–Crippen LogP) is 3.88. The summed E-state index contributed by atoms with van der Waals surface area (Å²) in [5, 5.41) is 0. The fourth-order valence-corrected chi connectivity index (χ4v) is 5.42. The highest BCUT2D eigenvalue weighted by molar-refractivity contribution is 14.1. The van der Waals surface area contributed by atoms with Crippen molar-refractivity contribution >= 4 is 37.9 Å². The van der Waals surface area contributed by atoms with Crippen molar-refractivity contribution in [2.45, 2.75) is 44.9 Å². The van der Waals surface area contributed by atoms with Gasteiger partial charge in [-0.25, -0.2) is 0 Å². The van der Waals surface area contributed by atoms with E-state index < -0.39 is 9.20 Å². The number of Topliss-reactive ketones (excluding diaryl/α,β-unsaturated/α-hetero) is 2. The number of ether oxygens (including phenoxy) is 1. The lowest BCUT2D eigenvalue weighted by Gasteiger charge is -2.53. The molecule has 1 fully saturated rings. The lowest BCUT2D eigenvalue weighted by atomic mass is 9.49. The van der Waals surface area contributed by atoms with E-state index >= 15 is 0 Å². The van der Waals surface area contributed by atoms with E-state index in [0.29, 0.717) is 18.6 Å². The second kappa shape index (κ2) is 5.93. The first kappa shape index (κ1) is 17.6. The van der Waals surface area contributed by atoms with Gasteiger partial charge in [-0.3, -0.25) is 14.4 Å². The van der Waals surface area contributed by atoms with Gasteiger partial charge >= 0.3 is 0 Å². The first-order chi connectivity index (χ1) is 11.2. The molecule has 0 aliphatic heterocycles. The van der Waals surface area contributed by atoms with Crippen LogP contribution in [0.15, 0.2) is 18.2 Å². The van der Waals surface area contributed by atoms with Gasteiger partial charge in [-0.1, -0.05) is 20.3 Å². The number of carbonyl (C=O) groups excluding carboxylic acids is 3. The monoisotopic (exact) mass is 440 g/mol. The van der Waals surface area contributed by atoms with Crippen molar-refractivity contribution < 1.29 is 19.1 Å². The summed E-state index contributed by atoms with van der Waals surface area (Å²) in [6.45, 7) is 4.00. The Morgan fingerprint density at radius 1 is 1.25 bits per heavy atom. The Morgan fingerprint density at radius 2 is 1.96 bits per heavy atom. The van der Waals surface area contributed by atoms with Crippen LogP contribution in [0.25, 0.3) is 0 Å². The van der Waals surface area contributed by atoms with E-state index in [1.54, 1.807) is 29.7 Å². The second-order valence-corrected chi connectivity index (χ2v) is 8.36. The average Bonchev–Trinajstić information content (AvgIpc) is 2.56. The van der Waals surface area contributed by atoms with E-state index in [1.807, 2.05) is 25.1 Å². The maximum Gasteiger partial charge on any atom is 0.258 e. The minimum absolute atomic E-state index is 0.0527. The van der Waals surface area contributed by atoms with Gasteiger partial charge in [0.25, 0.3) is 3.79 Å². The zero-order chi connectivity index (χ0) is 17.7. The minimum Gasteiger partial charge on any atom is -0.497 e. The molecule has 1 aromatic rings. The molecule has 1 aromatic carbocycles.